The summed E-state index contributed by atoms with van der Waals surface area (Å²) in [6.45, 7) is 5.88. The van der Waals surface area contributed by atoms with Gasteiger partial charge in [0.2, 0.25) is 5.91 Å². The van der Waals surface area contributed by atoms with E-state index >= 15 is 0 Å². The number of amides is 1. The summed E-state index contributed by atoms with van der Waals surface area (Å²) in [6.07, 6.45) is 3.12. The molecule has 4 heteroatoms. The fraction of sp³-hybridized carbons (Fsp3) is 0.833. The normalized spacial score (nSPS) is 18.7. The van der Waals surface area contributed by atoms with E-state index in [0.29, 0.717) is 12.8 Å². The molecule has 0 aliphatic heterocycles. The molecule has 1 aliphatic carbocycles. The van der Waals surface area contributed by atoms with E-state index in [2.05, 4.69) is 5.32 Å². The molecule has 0 aromatic heterocycles. The molecule has 0 saturated heterocycles. The first-order chi connectivity index (χ1) is 7.31. The van der Waals surface area contributed by atoms with E-state index in [4.69, 9.17) is 5.11 Å². The van der Waals surface area contributed by atoms with Gasteiger partial charge in [-0.1, -0.05) is 13.3 Å². The molecule has 0 atom stereocenters. The maximum Gasteiger partial charge on any atom is 0.310 e. The molecule has 1 rings (SSSR count). The Labute approximate surface area is 96.4 Å². The van der Waals surface area contributed by atoms with Crippen molar-refractivity contribution in [2.75, 3.05) is 0 Å². The Morgan fingerprint density at radius 1 is 1.38 bits per heavy atom. The molecule has 2 N–H and O–H groups in total. The zero-order chi connectivity index (χ0) is 12.4. The summed E-state index contributed by atoms with van der Waals surface area (Å²) in [7, 11) is 0. The van der Waals surface area contributed by atoms with Gasteiger partial charge in [-0.05, 0) is 33.1 Å². The minimum absolute atomic E-state index is 0.117. The number of aliphatic carboxylic acids is 1. The quantitative estimate of drug-likeness (QED) is 0.754. The average Bonchev–Trinajstić information content (AvgIpc) is 2.10. The third-order valence-electron chi connectivity index (χ3n) is 3.62. The summed E-state index contributed by atoms with van der Waals surface area (Å²) in [6, 6.07) is 0. The van der Waals surface area contributed by atoms with Crippen LogP contribution in [0.1, 0.15) is 52.9 Å². The highest BCUT2D eigenvalue weighted by molar-refractivity contribution is 5.85. The molecule has 16 heavy (non-hydrogen) atoms. The molecule has 92 valence electrons. The van der Waals surface area contributed by atoms with Gasteiger partial charge in [0.05, 0.1) is 5.41 Å². The molecule has 0 aromatic carbocycles. The van der Waals surface area contributed by atoms with E-state index in [0.717, 1.165) is 12.8 Å². The van der Waals surface area contributed by atoms with Gasteiger partial charge < -0.3 is 10.4 Å². The zero-order valence-electron chi connectivity index (χ0n) is 10.3. The minimum Gasteiger partial charge on any atom is -0.481 e. The monoisotopic (exact) mass is 227 g/mol. The predicted molar refractivity (Wildman–Crippen MR) is 61.0 cm³/mol. The molecule has 0 spiro atoms. The molecule has 1 aliphatic rings. The van der Waals surface area contributed by atoms with Crippen LogP contribution in [0.15, 0.2) is 0 Å². The first-order valence-corrected chi connectivity index (χ1v) is 5.86. The highest BCUT2D eigenvalue weighted by atomic mass is 16.4. The van der Waals surface area contributed by atoms with Crippen LogP contribution in [-0.4, -0.2) is 22.5 Å². The van der Waals surface area contributed by atoms with Crippen LogP contribution >= 0.6 is 0 Å². The van der Waals surface area contributed by atoms with Crippen LogP contribution in [-0.2, 0) is 9.59 Å². The van der Waals surface area contributed by atoms with Crippen LogP contribution in [0.3, 0.4) is 0 Å². The number of rotatable bonds is 5. The second-order valence-corrected chi connectivity index (χ2v) is 5.40. The van der Waals surface area contributed by atoms with Gasteiger partial charge in [-0.2, -0.15) is 0 Å². The topological polar surface area (TPSA) is 66.4 Å². The summed E-state index contributed by atoms with van der Waals surface area (Å²) in [4.78, 5) is 22.9. The third-order valence-corrected chi connectivity index (χ3v) is 3.62. The van der Waals surface area contributed by atoms with Gasteiger partial charge in [0.15, 0.2) is 0 Å². The Morgan fingerprint density at radius 2 is 1.94 bits per heavy atom. The molecule has 0 radical (unpaired) electrons. The lowest BCUT2D eigenvalue weighted by Crippen LogP contribution is -2.48. The number of carbonyl (C=O) groups is 2. The van der Waals surface area contributed by atoms with Crippen LogP contribution in [0.2, 0.25) is 0 Å². The second-order valence-electron chi connectivity index (χ2n) is 5.40. The molecule has 0 heterocycles. The Hall–Kier alpha value is -1.06. The Kier molecular flexibility index (Phi) is 3.61. The largest absolute Gasteiger partial charge is 0.481 e. The van der Waals surface area contributed by atoms with Crippen LogP contribution in [0.25, 0.3) is 0 Å². The minimum atomic E-state index is -0.830. The van der Waals surface area contributed by atoms with Crippen molar-refractivity contribution in [2.45, 2.75) is 58.4 Å². The maximum atomic E-state index is 11.8. The fourth-order valence-electron chi connectivity index (χ4n) is 1.89. The van der Waals surface area contributed by atoms with E-state index in [1.165, 1.54) is 0 Å². The van der Waals surface area contributed by atoms with E-state index in [1.807, 2.05) is 20.8 Å². The summed E-state index contributed by atoms with van der Waals surface area (Å²) in [5, 5.41) is 12.0. The van der Waals surface area contributed by atoms with Crippen LogP contribution in [0.5, 0.6) is 0 Å². The summed E-state index contributed by atoms with van der Waals surface area (Å²) in [5.41, 5.74) is -1.03. The summed E-state index contributed by atoms with van der Waals surface area (Å²) >= 11 is 0. The van der Waals surface area contributed by atoms with Crippen molar-refractivity contribution in [1.82, 2.24) is 5.32 Å². The Morgan fingerprint density at radius 3 is 2.25 bits per heavy atom. The molecular weight excluding hydrogens is 206 g/mol. The van der Waals surface area contributed by atoms with Crippen molar-refractivity contribution < 1.29 is 14.7 Å². The molecule has 1 amide bonds. The van der Waals surface area contributed by atoms with Gasteiger partial charge in [0.25, 0.3) is 0 Å². The van der Waals surface area contributed by atoms with Crippen molar-refractivity contribution >= 4 is 11.9 Å². The molecule has 0 bridgehead atoms. The fourth-order valence-corrected chi connectivity index (χ4v) is 1.89. The number of carboxylic acids is 1. The lowest BCUT2D eigenvalue weighted by atomic mass is 9.66. The molecular formula is C12H21NO3. The van der Waals surface area contributed by atoms with E-state index in [-0.39, 0.29) is 17.9 Å². The lowest BCUT2D eigenvalue weighted by molar-refractivity contribution is -0.157. The number of nitrogens with one attached hydrogen (secondary N) is 1. The van der Waals surface area contributed by atoms with Gasteiger partial charge in [-0.15, -0.1) is 0 Å². The highest BCUT2D eigenvalue weighted by Gasteiger charge is 2.46. The van der Waals surface area contributed by atoms with Gasteiger partial charge >= 0.3 is 5.97 Å². The number of hydrogen-bond donors (Lipinski definition) is 2. The van der Waals surface area contributed by atoms with Crippen molar-refractivity contribution in [1.29, 1.82) is 0 Å². The van der Waals surface area contributed by atoms with E-state index < -0.39 is 11.4 Å². The van der Waals surface area contributed by atoms with Crippen LogP contribution in [0, 0.1) is 5.41 Å². The van der Waals surface area contributed by atoms with Crippen molar-refractivity contribution in [3.05, 3.63) is 0 Å². The lowest BCUT2D eigenvalue weighted by Gasteiger charge is -2.38. The van der Waals surface area contributed by atoms with Crippen molar-refractivity contribution in [3.8, 4) is 0 Å². The van der Waals surface area contributed by atoms with Crippen molar-refractivity contribution in [3.63, 3.8) is 0 Å². The number of hydrogen-bond acceptors (Lipinski definition) is 2. The molecule has 4 nitrogen and oxygen atoms in total. The van der Waals surface area contributed by atoms with Crippen LogP contribution in [0.4, 0.5) is 0 Å². The summed E-state index contributed by atoms with van der Waals surface area (Å²) in [5.74, 6) is -0.975. The third kappa shape index (κ3) is 2.74. The van der Waals surface area contributed by atoms with E-state index in [9.17, 15) is 9.59 Å². The van der Waals surface area contributed by atoms with Gasteiger partial charge in [0, 0.05) is 12.0 Å². The SMILES string of the molecule is CCC(C)(C)NC(=O)CC1(C(=O)O)CCC1. The number of carboxylic acid groups (broad SMARTS) is 1. The second kappa shape index (κ2) is 4.44. The molecule has 0 aromatic rings. The molecule has 1 fully saturated rings. The molecule has 1 saturated carbocycles. The highest BCUT2D eigenvalue weighted by Crippen LogP contribution is 2.44. The average molecular weight is 227 g/mol. The standard InChI is InChI=1S/C12H21NO3/c1-4-11(2,3)13-9(14)8-12(10(15)16)6-5-7-12/h4-8H2,1-3H3,(H,13,14)(H,15,16). The zero-order valence-corrected chi connectivity index (χ0v) is 10.3. The first-order valence-electron chi connectivity index (χ1n) is 5.86. The first kappa shape index (κ1) is 13.0. The maximum absolute atomic E-state index is 11.8. The predicted octanol–water partition coefficient (Wildman–Crippen LogP) is 1.94. The number of carbonyl (C=O) groups excluding carboxylic acids is 1. The Bertz CT molecular complexity index is 293. The van der Waals surface area contributed by atoms with Gasteiger partial charge in [0.1, 0.15) is 0 Å². The van der Waals surface area contributed by atoms with Gasteiger partial charge in [-0.3, -0.25) is 9.59 Å². The Balaban J connectivity index is 2.54. The van der Waals surface area contributed by atoms with E-state index in [1.54, 1.807) is 0 Å². The summed E-state index contributed by atoms with van der Waals surface area (Å²) < 4.78 is 0. The van der Waals surface area contributed by atoms with Crippen LogP contribution < -0.4 is 5.32 Å². The van der Waals surface area contributed by atoms with Crippen molar-refractivity contribution in [2.24, 2.45) is 5.41 Å². The van der Waals surface area contributed by atoms with Gasteiger partial charge in [-0.25, -0.2) is 0 Å². The molecule has 0 unspecified atom stereocenters. The smallest absolute Gasteiger partial charge is 0.310 e.